The number of piperidine rings is 1. The number of ether oxygens (including phenoxy) is 1. The van der Waals surface area contributed by atoms with Crippen LogP contribution in [0.3, 0.4) is 0 Å². The molecule has 1 aliphatic heterocycles. The van der Waals surface area contributed by atoms with Gasteiger partial charge < -0.3 is 14.7 Å². The second-order valence-electron chi connectivity index (χ2n) is 7.43. The van der Waals surface area contributed by atoms with Crippen molar-refractivity contribution in [2.24, 2.45) is 17.3 Å². The molecule has 0 bridgehead atoms. The van der Waals surface area contributed by atoms with Crippen molar-refractivity contribution in [2.75, 3.05) is 33.4 Å². The molecule has 3 nitrogen and oxygen atoms in total. The van der Waals surface area contributed by atoms with Crippen molar-refractivity contribution in [2.45, 2.75) is 52.1 Å². The first-order valence-corrected chi connectivity index (χ1v) is 7.89. The lowest BCUT2D eigenvalue weighted by Gasteiger charge is -2.42. The van der Waals surface area contributed by atoms with E-state index in [2.05, 4.69) is 18.7 Å². The van der Waals surface area contributed by atoms with Crippen molar-refractivity contribution in [3.63, 3.8) is 0 Å². The molecule has 0 aromatic carbocycles. The van der Waals surface area contributed by atoms with Gasteiger partial charge in [0.05, 0.1) is 6.10 Å². The summed E-state index contributed by atoms with van der Waals surface area (Å²) in [7, 11) is 1.80. The Hall–Kier alpha value is -0.120. The summed E-state index contributed by atoms with van der Waals surface area (Å²) < 4.78 is 5.25. The minimum atomic E-state index is -0.0790. The van der Waals surface area contributed by atoms with Crippen molar-refractivity contribution < 1.29 is 9.84 Å². The zero-order chi connectivity index (χ0) is 13.9. The summed E-state index contributed by atoms with van der Waals surface area (Å²) in [5.74, 6) is 1.22. The number of aliphatic hydroxyl groups excluding tert-OH is 1. The molecular weight excluding hydrogens is 238 g/mol. The molecule has 0 amide bonds. The van der Waals surface area contributed by atoms with Crippen LogP contribution in [0.4, 0.5) is 0 Å². The number of nitrogens with zero attached hydrogens (tertiary/aromatic N) is 1. The number of hydrogen-bond donors (Lipinski definition) is 1. The topological polar surface area (TPSA) is 32.7 Å². The van der Waals surface area contributed by atoms with Gasteiger partial charge in [-0.25, -0.2) is 0 Å². The molecule has 0 aromatic heterocycles. The average molecular weight is 269 g/mol. The zero-order valence-corrected chi connectivity index (χ0v) is 12.9. The molecule has 1 saturated heterocycles. The largest absolute Gasteiger partial charge is 0.393 e. The molecule has 0 radical (unpaired) electrons. The van der Waals surface area contributed by atoms with Crippen LogP contribution >= 0.6 is 0 Å². The molecule has 2 unspecified atom stereocenters. The second-order valence-corrected chi connectivity index (χ2v) is 7.43. The van der Waals surface area contributed by atoms with Crippen LogP contribution in [0.15, 0.2) is 0 Å². The van der Waals surface area contributed by atoms with E-state index in [1.165, 1.54) is 38.8 Å². The van der Waals surface area contributed by atoms with Gasteiger partial charge in [0.1, 0.15) is 0 Å². The van der Waals surface area contributed by atoms with Crippen LogP contribution in [-0.2, 0) is 4.74 Å². The van der Waals surface area contributed by atoms with E-state index in [4.69, 9.17) is 4.74 Å². The van der Waals surface area contributed by atoms with E-state index in [-0.39, 0.29) is 6.10 Å². The van der Waals surface area contributed by atoms with E-state index < -0.39 is 0 Å². The van der Waals surface area contributed by atoms with E-state index in [9.17, 15) is 5.11 Å². The van der Waals surface area contributed by atoms with E-state index in [1.54, 1.807) is 7.11 Å². The summed E-state index contributed by atoms with van der Waals surface area (Å²) in [6.07, 6.45) is 5.75. The minimum absolute atomic E-state index is 0.0790. The number of hydrogen-bond acceptors (Lipinski definition) is 3. The molecule has 1 heterocycles. The molecule has 1 saturated carbocycles. The van der Waals surface area contributed by atoms with E-state index in [0.29, 0.717) is 11.3 Å². The summed E-state index contributed by atoms with van der Waals surface area (Å²) >= 11 is 0. The van der Waals surface area contributed by atoms with Crippen molar-refractivity contribution in [1.82, 2.24) is 4.90 Å². The molecule has 2 fully saturated rings. The molecular formula is C16H31NO2. The molecule has 0 aromatic rings. The fraction of sp³-hybridized carbons (Fsp3) is 1.00. The monoisotopic (exact) mass is 269 g/mol. The Balaban J connectivity index is 1.78. The Morgan fingerprint density at radius 3 is 2.53 bits per heavy atom. The Labute approximate surface area is 118 Å². The van der Waals surface area contributed by atoms with Crippen LogP contribution in [0.25, 0.3) is 0 Å². The van der Waals surface area contributed by atoms with Gasteiger partial charge in [-0.2, -0.15) is 0 Å². The Morgan fingerprint density at radius 2 is 1.89 bits per heavy atom. The highest BCUT2D eigenvalue weighted by Gasteiger charge is 2.35. The fourth-order valence-corrected chi connectivity index (χ4v) is 3.81. The van der Waals surface area contributed by atoms with Crippen LogP contribution in [0.1, 0.15) is 46.0 Å². The van der Waals surface area contributed by atoms with E-state index >= 15 is 0 Å². The molecule has 2 rings (SSSR count). The summed E-state index contributed by atoms with van der Waals surface area (Å²) in [6.45, 7) is 9.04. The maximum Gasteiger partial charge on any atom is 0.0581 e. The van der Waals surface area contributed by atoms with Gasteiger partial charge in [0.2, 0.25) is 0 Å². The number of likely N-dealkylation sites (tertiary alicyclic amines) is 1. The molecule has 1 N–H and O–H groups in total. The Bertz CT molecular complexity index is 272. The van der Waals surface area contributed by atoms with Crippen molar-refractivity contribution in [3.05, 3.63) is 0 Å². The summed E-state index contributed by atoms with van der Waals surface area (Å²) in [5.41, 5.74) is 0.415. The van der Waals surface area contributed by atoms with Crippen LogP contribution in [0.5, 0.6) is 0 Å². The molecule has 0 spiro atoms. The van der Waals surface area contributed by atoms with Gasteiger partial charge in [-0.1, -0.05) is 13.8 Å². The Morgan fingerprint density at radius 1 is 1.21 bits per heavy atom. The maximum absolute atomic E-state index is 10.2. The van der Waals surface area contributed by atoms with Crippen LogP contribution in [0, 0.1) is 17.3 Å². The lowest BCUT2D eigenvalue weighted by atomic mass is 9.70. The molecule has 2 atom stereocenters. The van der Waals surface area contributed by atoms with Gasteiger partial charge in [0.25, 0.3) is 0 Å². The average Bonchev–Trinajstić information content (AvgIpc) is 2.36. The summed E-state index contributed by atoms with van der Waals surface area (Å²) in [5, 5.41) is 10.2. The zero-order valence-electron chi connectivity index (χ0n) is 12.9. The van der Waals surface area contributed by atoms with Gasteiger partial charge in [-0.3, -0.25) is 0 Å². The third-order valence-corrected chi connectivity index (χ3v) is 5.08. The first kappa shape index (κ1) is 15.3. The van der Waals surface area contributed by atoms with Crippen LogP contribution in [-0.4, -0.2) is 49.5 Å². The molecule has 1 aliphatic carbocycles. The molecule has 2 aliphatic rings. The highest BCUT2D eigenvalue weighted by atomic mass is 16.5. The number of rotatable bonds is 4. The lowest BCUT2D eigenvalue weighted by Crippen LogP contribution is -2.44. The SMILES string of the molecule is COCC1CCN(CC2CC(C)(C)CCC2O)CC1. The molecule has 19 heavy (non-hydrogen) atoms. The second kappa shape index (κ2) is 6.55. The fourth-order valence-electron chi connectivity index (χ4n) is 3.81. The maximum atomic E-state index is 10.2. The molecule has 112 valence electrons. The summed E-state index contributed by atoms with van der Waals surface area (Å²) in [4.78, 5) is 2.56. The first-order chi connectivity index (χ1) is 9.00. The van der Waals surface area contributed by atoms with E-state index in [0.717, 1.165) is 25.5 Å². The lowest BCUT2D eigenvalue weighted by molar-refractivity contribution is -0.00327. The Kier molecular flexibility index (Phi) is 5.27. The predicted molar refractivity (Wildman–Crippen MR) is 78.2 cm³/mol. The highest BCUT2D eigenvalue weighted by Crippen LogP contribution is 2.39. The van der Waals surface area contributed by atoms with Crippen molar-refractivity contribution >= 4 is 0 Å². The number of aliphatic hydroxyl groups is 1. The van der Waals surface area contributed by atoms with E-state index in [1.807, 2.05) is 0 Å². The molecule has 3 heteroatoms. The van der Waals surface area contributed by atoms with Gasteiger partial charge >= 0.3 is 0 Å². The van der Waals surface area contributed by atoms with Gasteiger partial charge in [-0.05, 0) is 62.4 Å². The van der Waals surface area contributed by atoms with Crippen molar-refractivity contribution in [1.29, 1.82) is 0 Å². The smallest absolute Gasteiger partial charge is 0.0581 e. The van der Waals surface area contributed by atoms with Gasteiger partial charge in [0, 0.05) is 20.3 Å². The predicted octanol–water partition coefficient (Wildman–Crippen LogP) is 2.53. The normalized spacial score (nSPS) is 33.5. The first-order valence-electron chi connectivity index (χ1n) is 7.89. The van der Waals surface area contributed by atoms with Gasteiger partial charge in [0.15, 0.2) is 0 Å². The number of methoxy groups -OCH3 is 1. The highest BCUT2D eigenvalue weighted by molar-refractivity contribution is 4.87. The van der Waals surface area contributed by atoms with Crippen LogP contribution in [0.2, 0.25) is 0 Å². The third kappa shape index (κ3) is 4.44. The minimum Gasteiger partial charge on any atom is -0.393 e. The van der Waals surface area contributed by atoms with Gasteiger partial charge in [-0.15, -0.1) is 0 Å². The van der Waals surface area contributed by atoms with Crippen LogP contribution < -0.4 is 0 Å². The van der Waals surface area contributed by atoms with Crippen molar-refractivity contribution in [3.8, 4) is 0 Å². The standard InChI is InChI=1S/C16H31NO2/c1-16(2)7-4-15(18)14(10-16)11-17-8-5-13(6-9-17)12-19-3/h13-15,18H,4-12H2,1-3H3. The quantitative estimate of drug-likeness (QED) is 0.851. The third-order valence-electron chi connectivity index (χ3n) is 5.08. The summed E-state index contributed by atoms with van der Waals surface area (Å²) in [6, 6.07) is 0.